The number of allylic oxidation sites excluding steroid dienone is 2. The summed E-state index contributed by atoms with van der Waals surface area (Å²) in [5.74, 6) is 3.83. The average molecular weight is 192 g/mol. The van der Waals surface area contributed by atoms with Crippen LogP contribution in [0.3, 0.4) is 0 Å². The Morgan fingerprint density at radius 2 is 1.79 bits per heavy atom. The van der Waals surface area contributed by atoms with E-state index in [0.717, 1.165) is 30.2 Å². The molecule has 0 aromatic rings. The fourth-order valence-corrected chi connectivity index (χ4v) is 3.74. The molecular weight excluding hydrogens is 172 g/mol. The van der Waals surface area contributed by atoms with Gasteiger partial charge in [0.05, 0.1) is 0 Å². The second kappa shape index (κ2) is 3.35. The molecule has 0 unspecified atom stereocenters. The summed E-state index contributed by atoms with van der Waals surface area (Å²) in [5, 5.41) is 0. The summed E-state index contributed by atoms with van der Waals surface area (Å²) in [6, 6.07) is 0. The van der Waals surface area contributed by atoms with Crippen molar-refractivity contribution >= 4 is 0 Å². The minimum atomic E-state index is 0.844. The van der Waals surface area contributed by atoms with Gasteiger partial charge in [-0.05, 0) is 49.6 Å². The molecular formula is C12H20N2. The first-order chi connectivity index (χ1) is 6.88. The zero-order chi connectivity index (χ0) is 9.54. The summed E-state index contributed by atoms with van der Waals surface area (Å²) < 4.78 is 0. The number of hydrogen-bond donors (Lipinski definition) is 1. The Bertz CT molecular complexity index is 229. The highest BCUT2D eigenvalue weighted by Crippen LogP contribution is 2.51. The minimum absolute atomic E-state index is 0.844. The van der Waals surface area contributed by atoms with E-state index < -0.39 is 0 Å². The quantitative estimate of drug-likeness (QED) is 0.678. The SMILES string of the molecule is NCCCN1C[C@@H]2[C@@H](C1)[C@H]1C=C[C@H]2C1. The Kier molecular flexibility index (Phi) is 2.14. The number of nitrogens with zero attached hydrogens (tertiary/aromatic N) is 1. The van der Waals surface area contributed by atoms with E-state index in [1.165, 1.54) is 32.5 Å². The fourth-order valence-electron chi connectivity index (χ4n) is 3.74. The standard InChI is InChI=1S/C12H20N2/c13-4-1-5-14-7-11-9-2-3-10(6-9)12(11)8-14/h2-3,9-12H,1,4-8,13H2/t9-,10-,11-,12-/m0/s1. The molecule has 14 heavy (non-hydrogen) atoms. The Hall–Kier alpha value is -0.340. The summed E-state index contributed by atoms with van der Waals surface area (Å²) in [5.41, 5.74) is 5.55. The summed E-state index contributed by atoms with van der Waals surface area (Å²) in [6.07, 6.45) is 7.57. The van der Waals surface area contributed by atoms with Crippen molar-refractivity contribution in [1.29, 1.82) is 0 Å². The van der Waals surface area contributed by atoms with Crippen LogP contribution in [0.4, 0.5) is 0 Å². The molecule has 0 aromatic carbocycles. The van der Waals surface area contributed by atoms with Crippen LogP contribution in [0.25, 0.3) is 0 Å². The lowest BCUT2D eigenvalue weighted by Gasteiger charge is -2.17. The molecule has 2 fully saturated rings. The Morgan fingerprint density at radius 1 is 1.14 bits per heavy atom. The van der Waals surface area contributed by atoms with E-state index in [9.17, 15) is 0 Å². The van der Waals surface area contributed by atoms with Gasteiger partial charge in [-0.1, -0.05) is 12.2 Å². The molecule has 0 spiro atoms. The Morgan fingerprint density at radius 3 is 2.36 bits per heavy atom. The van der Waals surface area contributed by atoms with Crippen molar-refractivity contribution in [3.05, 3.63) is 12.2 Å². The average Bonchev–Trinajstić information content (AvgIpc) is 2.85. The number of nitrogens with two attached hydrogens (primary N) is 1. The molecule has 3 rings (SSSR count). The molecule has 1 saturated carbocycles. The van der Waals surface area contributed by atoms with Crippen LogP contribution in [0, 0.1) is 23.7 Å². The van der Waals surface area contributed by atoms with Gasteiger partial charge in [0.1, 0.15) is 0 Å². The molecule has 0 radical (unpaired) electrons. The second-order valence-corrected chi connectivity index (χ2v) is 5.18. The maximum Gasteiger partial charge on any atom is 0.00188 e. The van der Waals surface area contributed by atoms with E-state index in [1.807, 2.05) is 0 Å². The number of likely N-dealkylation sites (tertiary alicyclic amines) is 1. The first kappa shape index (κ1) is 8.93. The molecule has 0 amide bonds. The molecule has 78 valence electrons. The van der Waals surface area contributed by atoms with Gasteiger partial charge in [0, 0.05) is 13.1 Å². The normalized spacial score (nSPS) is 44.9. The minimum Gasteiger partial charge on any atom is -0.330 e. The van der Waals surface area contributed by atoms with Gasteiger partial charge in [-0.3, -0.25) is 0 Å². The third kappa shape index (κ3) is 1.24. The molecule has 2 aliphatic carbocycles. The number of hydrogen-bond acceptors (Lipinski definition) is 2. The molecule has 1 aliphatic heterocycles. The summed E-state index contributed by atoms with van der Waals surface area (Å²) >= 11 is 0. The molecule has 1 heterocycles. The van der Waals surface area contributed by atoms with E-state index in [1.54, 1.807) is 0 Å². The van der Waals surface area contributed by atoms with Crippen molar-refractivity contribution in [1.82, 2.24) is 4.90 Å². The van der Waals surface area contributed by atoms with E-state index in [4.69, 9.17) is 5.73 Å². The first-order valence-corrected chi connectivity index (χ1v) is 5.99. The van der Waals surface area contributed by atoms with Crippen LogP contribution >= 0.6 is 0 Å². The van der Waals surface area contributed by atoms with Crippen LogP contribution < -0.4 is 5.73 Å². The Labute approximate surface area is 86.1 Å². The maximum absolute atomic E-state index is 5.55. The molecule has 2 bridgehead atoms. The summed E-state index contributed by atoms with van der Waals surface area (Å²) in [4.78, 5) is 2.63. The van der Waals surface area contributed by atoms with Gasteiger partial charge >= 0.3 is 0 Å². The van der Waals surface area contributed by atoms with Gasteiger partial charge in [0.15, 0.2) is 0 Å². The van der Waals surface area contributed by atoms with Crippen LogP contribution in [0.2, 0.25) is 0 Å². The van der Waals surface area contributed by atoms with Gasteiger partial charge in [-0.15, -0.1) is 0 Å². The molecule has 1 saturated heterocycles. The molecule has 2 nitrogen and oxygen atoms in total. The van der Waals surface area contributed by atoms with Gasteiger partial charge in [-0.25, -0.2) is 0 Å². The van der Waals surface area contributed by atoms with Crippen LogP contribution in [0.5, 0.6) is 0 Å². The smallest absolute Gasteiger partial charge is 0.00188 e. The first-order valence-electron chi connectivity index (χ1n) is 5.99. The van der Waals surface area contributed by atoms with Gasteiger partial charge in [0.25, 0.3) is 0 Å². The summed E-state index contributed by atoms with van der Waals surface area (Å²) in [6.45, 7) is 4.76. The van der Waals surface area contributed by atoms with Crippen molar-refractivity contribution in [3.8, 4) is 0 Å². The van der Waals surface area contributed by atoms with Crippen molar-refractivity contribution in [3.63, 3.8) is 0 Å². The summed E-state index contributed by atoms with van der Waals surface area (Å²) in [7, 11) is 0. The molecule has 3 aliphatic rings. The van der Waals surface area contributed by atoms with Crippen molar-refractivity contribution in [2.75, 3.05) is 26.2 Å². The third-order valence-corrected chi connectivity index (χ3v) is 4.42. The van der Waals surface area contributed by atoms with Gasteiger partial charge in [-0.2, -0.15) is 0 Å². The molecule has 2 heteroatoms. The Balaban J connectivity index is 1.62. The van der Waals surface area contributed by atoms with Crippen molar-refractivity contribution in [2.45, 2.75) is 12.8 Å². The van der Waals surface area contributed by atoms with Crippen LogP contribution in [0.15, 0.2) is 12.2 Å². The highest BCUT2D eigenvalue weighted by Gasteiger charge is 2.48. The highest BCUT2D eigenvalue weighted by atomic mass is 15.2. The lowest BCUT2D eigenvalue weighted by molar-refractivity contribution is 0.297. The largest absolute Gasteiger partial charge is 0.330 e. The van der Waals surface area contributed by atoms with Crippen LogP contribution in [-0.2, 0) is 0 Å². The van der Waals surface area contributed by atoms with Crippen molar-refractivity contribution < 1.29 is 0 Å². The zero-order valence-corrected chi connectivity index (χ0v) is 8.73. The topological polar surface area (TPSA) is 29.3 Å². The highest BCUT2D eigenvalue weighted by molar-refractivity contribution is 5.16. The molecule has 4 atom stereocenters. The van der Waals surface area contributed by atoms with Gasteiger partial charge in [0.2, 0.25) is 0 Å². The number of rotatable bonds is 3. The lowest BCUT2D eigenvalue weighted by atomic mass is 9.86. The van der Waals surface area contributed by atoms with E-state index in [-0.39, 0.29) is 0 Å². The van der Waals surface area contributed by atoms with Crippen LogP contribution in [-0.4, -0.2) is 31.1 Å². The lowest BCUT2D eigenvalue weighted by Crippen LogP contribution is -2.25. The third-order valence-electron chi connectivity index (χ3n) is 4.42. The van der Waals surface area contributed by atoms with E-state index in [0.29, 0.717) is 0 Å². The van der Waals surface area contributed by atoms with Crippen LogP contribution in [0.1, 0.15) is 12.8 Å². The van der Waals surface area contributed by atoms with E-state index in [2.05, 4.69) is 17.1 Å². The second-order valence-electron chi connectivity index (χ2n) is 5.18. The predicted octanol–water partition coefficient (Wildman–Crippen LogP) is 1.09. The van der Waals surface area contributed by atoms with E-state index >= 15 is 0 Å². The zero-order valence-electron chi connectivity index (χ0n) is 8.73. The number of fused-ring (bicyclic) bond motifs is 5. The van der Waals surface area contributed by atoms with Crippen molar-refractivity contribution in [2.24, 2.45) is 29.4 Å². The molecule has 2 N–H and O–H groups in total. The monoisotopic (exact) mass is 192 g/mol. The predicted molar refractivity (Wildman–Crippen MR) is 57.8 cm³/mol. The fraction of sp³-hybridized carbons (Fsp3) is 0.833. The molecule has 0 aromatic heterocycles. The maximum atomic E-state index is 5.55. The van der Waals surface area contributed by atoms with Gasteiger partial charge < -0.3 is 10.6 Å².